The van der Waals surface area contributed by atoms with E-state index in [4.69, 9.17) is 4.74 Å². The van der Waals surface area contributed by atoms with Crippen molar-refractivity contribution in [2.75, 3.05) is 13.2 Å². The molecule has 2 nitrogen and oxygen atoms in total. The molecular formula is C21H20FNO. The van der Waals surface area contributed by atoms with Crippen molar-refractivity contribution in [3.05, 3.63) is 77.2 Å². The largest absolute Gasteiger partial charge is 0.377 e. The minimum atomic E-state index is -0.195. The first-order valence-corrected chi connectivity index (χ1v) is 8.32. The molecule has 0 N–H and O–H groups in total. The molecule has 0 fully saturated rings. The molecule has 0 unspecified atom stereocenters. The molecule has 0 spiro atoms. The standard InChI is InChI=1S/C21H20FNO/c1-15-2-7-20-18(12-15)13-21(17-8-10-24-11-9-17)23(20)14-16-3-5-19(22)6-4-16/h2-8,12-13H,9-11,14H2,1H3. The number of rotatable bonds is 3. The Morgan fingerprint density at radius 1 is 1.08 bits per heavy atom. The Kier molecular flexibility index (Phi) is 3.95. The number of nitrogens with zero attached hydrogens (tertiary/aromatic N) is 1. The third kappa shape index (κ3) is 2.87. The van der Waals surface area contributed by atoms with E-state index in [-0.39, 0.29) is 5.82 Å². The molecule has 0 bridgehead atoms. The van der Waals surface area contributed by atoms with Crippen molar-refractivity contribution in [3.63, 3.8) is 0 Å². The van der Waals surface area contributed by atoms with Gasteiger partial charge in [-0.2, -0.15) is 0 Å². The summed E-state index contributed by atoms with van der Waals surface area (Å²) < 4.78 is 21.0. The van der Waals surface area contributed by atoms with Crippen LogP contribution in [0.2, 0.25) is 0 Å². The van der Waals surface area contributed by atoms with E-state index in [1.54, 1.807) is 0 Å². The Labute approximate surface area is 141 Å². The van der Waals surface area contributed by atoms with Crippen LogP contribution < -0.4 is 0 Å². The van der Waals surface area contributed by atoms with Crippen LogP contribution in [0.15, 0.2) is 54.6 Å². The number of fused-ring (bicyclic) bond motifs is 1. The van der Waals surface area contributed by atoms with Crippen molar-refractivity contribution in [1.82, 2.24) is 4.57 Å². The first-order chi connectivity index (χ1) is 11.7. The van der Waals surface area contributed by atoms with Gasteiger partial charge in [0.15, 0.2) is 0 Å². The third-order valence-electron chi connectivity index (χ3n) is 4.60. The highest BCUT2D eigenvalue weighted by atomic mass is 19.1. The smallest absolute Gasteiger partial charge is 0.123 e. The number of aryl methyl sites for hydroxylation is 1. The van der Waals surface area contributed by atoms with Gasteiger partial charge in [-0.3, -0.25) is 0 Å². The van der Waals surface area contributed by atoms with Gasteiger partial charge < -0.3 is 9.30 Å². The van der Waals surface area contributed by atoms with Gasteiger partial charge in [0.1, 0.15) is 5.82 Å². The highest BCUT2D eigenvalue weighted by molar-refractivity contribution is 5.86. The van der Waals surface area contributed by atoms with E-state index in [1.807, 2.05) is 12.1 Å². The SMILES string of the molecule is Cc1ccc2c(c1)cc(C1=CCOCC1)n2Cc1ccc(F)cc1. The molecular weight excluding hydrogens is 301 g/mol. The molecule has 4 rings (SSSR count). The van der Waals surface area contributed by atoms with E-state index in [2.05, 4.69) is 41.8 Å². The summed E-state index contributed by atoms with van der Waals surface area (Å²) in [5.74, 6) is -0.195. The van der Waals surface area contributed by atoms with Crippen molar-refractivity contribution >= 4 is 16.5 Å². The Morgan fingerprint density at radius 3 is 2.67 bits per heavy atom. The Balaban J connectivity index is 1.84. The lowest BCUT2D eigenvalue weighted by Crippen LogP contribution is -2.09. The van der Waals surface area contributed by atoms with Gasteiger partial charge in [-0.05, 0) is 54.8 Å². The molecule has 122 valence electrons. The molecule has 1 aliphatic heterocycles. The molecule has 0 saturated heterocycles. The monoisotopic (exact) mass is 321 g/mol. The summed E-state index contributed by atoms with van der Waals surface area (Å²) in [7, 11) is 0. The number of ether oxygens (including phenoxy) is 1. The summed E-state index contributed by atoms with van der Waals surface area (Å²) in [5, 5.41) is 1.25. The average molecular weight is 321 g/mol. The lowest BCUT2D eigenvalue weighted by molar-refractivity contribution is 0.161. The van der Waals surface area contributed by atoms with Crippen LogP contribution in [-0.4, -0.2) is 17.8 Å². The normalized spacial score (nSPS) is 14.8. The molecule has 1 aliphatic rings. The summed E-state index contributed by atoms with van der Waals surface area (Å²) in [6.45, 7) is 4.29. The molecule has 3 aromatic rings. The summed E-state index contributed by atoms with van der Waals surface area (Å²) in [6.07, 6.45) is 3.10. The highest BCUT2D eigenvalue weighted by Gasteiger charge is 2.15. The van der Waals surface area contributed by atoms with E-state index in [0.717, 1.165) is 25.1 Å². The van der Waals surface area contributed by atoms with Gasteiger partial charge in [0.25, 0.3) is 0 Å². The van der Waals surface area contributed by atoms with Crippen LogP contribution in [0.25, 0.3) is 16.5 Å². The fraction of sp³-hybridized carbons (Fsp3) is 0.238. The van der Waals surface area contributed by atoms with Crippen LogP contribution in [0.5, 0.6) is 0 Å². The molecule has 3 heteroatoms. The van der Waals surface area contributed by atoms with Crippen LogP contribution in [0.4, 0.5) is 4.39 Å². The molecule has 24 heavy (non-hydrogen) atoms. The molecule has 1 aromatic heterocycles. The van der Waals surface area contributed by atoms with E-state index in [0.29, 0.717) is 6.61 Å². The van der Waals surface area contributed by atoms with Crippen molar-refractivity contribution in [3.8, 4) is 0 Å². The van der Waals surface area contributed by atoms with Crippen molar-refractivity contribution < 1.29 is 9.13 Å². The van der Waals surface area contributed by atoms with E-state index < -0.39 is 0 Å². The summed E-state index contributed by atoms with van der Waals surface area (Å²) in [6, 6.07) is 15.6. The minimum Gasteiger partial charge on any atom is -0.377 e. The predicted molar refractivity (Wildman–Crippen MR) is 95.6 cm³/mol. The Bertz CT molecular complexity index is 905. The number of benzene rings is 2. The van der Waals surface area contributed by atoms with Gasteiger partial charge in [0.05, 0.1) is 13.2 Å². The average Bonchev–Trinajstić information content (AvgIpc) is 2.95. The van der Waals surface area contributed by atoms with Crippen LogP contribution in [0, 0.1) is 12.7 Å². The second-order valence-corrected chi connectivity index (χ2v) is 6.36. The zero-order chi connectivity index (χ0) is 16.5. The van der Waals surface area contributed by atoms with Crippen LogP contribution in [-0.2, 0) is 11.3 Å². The number of halogens is 1. The first-order valence-electron chi connectivity index (χ1n) is 8.32. The molecule has 2 heterocycles. The van der Waals surface area contributed by atoms with E-state index in [1.165, 1.54) is 39.9 Å². The molecule has 0 radical (unpaired) electrons. The van der Waals surface area contributed by atoms with Crippen molar-refractivity contribution in [1.29, 1.82) is 0 Å². The molecule has 0 saturated carbocycles. The summed E-state index contributed by atoms with van der Waals surface area (Å²) >= 11 is 0. The van der Waals surface area contributed by atoms with Crippen molar-refractivity contribution in [2.24, 2.45) is 0 Å². The molecule has 2 aromatic carbocycles. The number of hydrogen-bond acceptors (Lipinski definition) is 1. The maximum absolute atomic E-state index is 13.2. The second kappa shape index (κ2) is 6.25. The molecule has 0 amide bonds. The van der Waals surface area contributed by atoms with E-state index in [9.17, 15) is 4.39 Å². The lowest BCUT2D eigenvalue weighted by atomic mass is 10.1. The molecule has 0 atom stereocenters. The Morgan fingerprint density at radius 2 is 1.92 bits per heavy atom. The van der Waals surface area contributed by atoms with Gasteiger partial charge in [0, 0.05) is 23.1 Å². The maximum atomic E-state index is 13.2. The maximum Gasteiger partial charge on any atom is 0.123 e. The van der Waals surface area contributed by atoms with Gasteiger partial charge in [-0.25, -0.2) is 4.39 Å². The van der Waals surface area contributed by atoms with Gasteiger partial charge in [-0.15, -0.1) is 0 Å². The van der Waals surface area contributed by atoms with Gasteiger partial charge in [-0.1, -0.05) is 29.8 Å². The Hall–Kier alpha value is -2.39. The van der Waals surface area contributed by atoms with Gasteiger partial charge in [0.2, 0.25) is 0 Å². The number of hydrogen-bond donors (Lipinski definition) is 0. The first kappa shape index (κ1) is 15.2. The number of aromatic nitrogens is 1. The lowest BCUT2D eigenvalue weighted by Gasteiger charge is -2.17. The zero-order valence-electron chi connectivity index (χ0n) is 13.8. The summed E-state index contributed by atoms with van der Waals surface area (Å²) in [4.78, 5) is 0. The quantitative estimate of drug-likeness (QED) is 0.666. The molecule has 0 aliphatic carbocycles. The fourth-order valence-electron chi connectivity index (χ4n) is 3.36. The minimum absolute atomic E-state index is 0.195. The van der Waals surface area contributed by atoms with E-state index >= 15 is 0 Å². The topological polar surface area (TPSA) is 14.2 Å². The predicted octanol–water partition coefficient (Wildman–Crippen LogP) is 4.94. The van der Waals surface area contributed by atoms with Crippen LogP contribution >= 0.6 is 0 Å². The fourth-order valence-corrected chi connectivity index (χ4v) is 3.36. The zero-order valence-corrected chi connectivity index (χ0v) is 13.8. The second-order valence-electron chi connectivity index (χ2n) is 6.36. The highest BCUT2D eigenvalue weighted by Crippen LogP contribution is 2.30. The van der Waals surface area contributed by atoms with Crippen LogP contribution in [0.3, 0.4) is 0 Å². The third-order valence-corrected chi connectivity index (χ3v) is 4.60. The van der Waals surface area contributed by atoms with Crippen LogP contribution in [0.1, 0.15) is 23.2 Å². The van der Waals surface area contributed by atoms with Crippen molar-refractivity contribution in [2.45, 2.75) is 19.9 Å². The van der Waals surface area contributed by atoms with Gasteiger partial charge >= 0.3 is 0 Å². The summed E-state index contributed by atoms with van der Waals surface area (Å²) in [5.41, 5.74) is 6.14.